The van der Waals surface area contributed by atoms with Crippen LogP contribution in [0.25, 0.3) is 0 Å². The molecule has 1 atom stereocenters. The number of amides is 3. The number of anilines is 1. The number of aliphatic imine (C=N–C) groups is 1. The lowest BCUT2D eigenvalue weighted by atomic mass is 10.3. The van der Waals surface area contributed by atoms with Gasteiger partial charge in [-0.1, -0.05) is 11.6 Å². The van der Waals surface area contributed by atoms with Crippen molar-refractivity contribution in [2.24, 2.45) is 4.99 Å². The molecule has 10 heteroatoms. The minimum Gasteiger partial charge on any atom is -0.495 e. The first-order valence-electron chi connectivity index (χ1n) is 5.57. The molecule has 3 amide bonds. The van der Waals surface area contributed by atoms with Gasteiger partial charge in [-0.15, -0.1) is 0 Å². The monoisotopic (exact) mass is 331 g/mol. The number of nitrogens with one attached hydrogen (secondary N) is 2. The van der Waals surface area contributed by atoms with Crippen molar-refractivity contribution in [1.82, 2.24) is 5.32 Å². The van der Waals surface area contributed by atoms with Crippen LogP contribution in [-0.2, 0) is 14.8 Å². The molecule has 0 saturated carbocycles. The van der Waals surface area contributed by atoms with Gasteiger partial charge in [0.1, 0.15) is 5.75 Å². The Hall–Kier alpha value is -2.13. The Morgan fingerprint density at radius 2 is 2.10 bits per heavy atom. The van der Waals surface area contributed by atoms with Crippen LogP contribution < -0.4 is 14.8 Å². The van der Waals surface area contributed by atoms with E-state index in [0.29, 0.717) is 5.75 Å². The highest BCUT2D eigenvalue weighted by Gasteiger charge is 2.35. The number of hydrogen-bond acceptors (Lipinski definition) is 5. The van der Waals surface area contributed by atoms with Crippen LogP contribution in [0.2, 0.25) is 5.02 Å². The van der Waals surface area contributed by atoms with Crippen molar-refractivity contribution >= 4 is 45.5 Å². The summed E-state index contributed by atoms with van der Waals surface area (Å²) < 4.78 is 31.3. The largest absolute Gasteiger partial charge is 0.495 e. The Morgan fingerprint density at radius 1 is 1.38 bits per heavy atom. The number of sulfonamides is 1. The van der Waals surface area contributed by atoms with Crippen molar-refractivity contribution < 1.29 is 22.7 Å². The van der Waals surface area contributed by atoms with E-state index in [4.69, 9.17) is 16.3 Å². The number of carbonyl (C=O) groups excluding carboxylic acids is 2. The number of urea groups is 1. The molecule has 0 bridgehead atoms. The number of methoxy groups -OCH3 is 1. The van der Waals surface area contributed by atoms with Crippen molar-refractivity contribution in [3.63, 3.8) is 0 Å². The van der Waals surface area contributed by atoms with Crippen molar-refractivity contribution in [2.75, 3.05) is 11.8 Å². The van der Waals surface area contributed by atoms with Gasteiger partial charge in [0, 0.05) is 6.21 Å². The van der Waals surface area contributed by atoms with Crippen LogP contribution in [0.15, 0.2) is 23.2 Å². The zero-order chi connectivity index (χ0) is 15.6. The lowest BCUT2D eigenvalue weighted by molar-refractivity contribution is -0.118. The van der Waals surface area contributed by atoms with Crippen LogP contribution in [-0.4, -0.2) is 38.9 Å². The number of nitrogens with zero attached hydrogens (tertiary/aromatic N) is 1. The zero-order valence-electron chi connectivity index (χ0n) is 10.7. The van der Waals surface area contributed by atoms with Gasteiger partial charge in [-0.25, -0.2) is 18.2 Å². The minimum atomic E-state index is -4.11. The van der Waals surface area contributed by atoms with Gasteiger partial charge >= 0.3 is 6.03 Å². The smallest absolute Gasteiger partial charge is 0.347 e. The molecule has 1 aliphatic heterocycles. The predicted molar refractivity (Wildman–Crippen MR) is 76.4 cm³/mol. The topological polar surface area (TPSA) is 114 Å². The highest BCUT2D eigenvalue weighted by atomic mass is 35.5. The summed E-state index contributed by atoms with van der Waals surface area (Å²) >= 11 is 5.88. The van der Waals surface area contributed by atoms with Crippen molar-refractivity contribution in [3.05, 3.63) is 23.2 Å². The number of imide groups is 1. The van der Waals surface area contributed by atoms with E-state index in [1.54, 1.807) is 0 Å². The number of hydrogen-bond donors (Lipinski definition) is 2. The normalized spacial score (nSPS) is 18.3. The van der Waals surface area contributed by atoms with Crippen molar-refractivity contribution in [2.45, 2.75) is 5.25 Å². The van der Waals surface area contributed by atoms with Gasteiger partial charge in [0.2, 0.25) is 10.0 Å². The first-order valence-corrected chi connectivity index (χ1v) is 7.50. The molecule has 0 saturated heterocycles. The van der Waals surface area contributed by atoms with Gasteiger partial charge in [-0.2, -0.15) is 0 Å². The number of carbonyl (C=O) groups is 2. The van der Waals surface area contributed by atoms with E-state index in [-0.39, 0.29) is 10.7 Å². The first-order chi connectivity index (χ1) is 9.83. The molecule has 1 aromatic rings. The number of ether oxygens (including phenoxy) is 1. The van der Waals surface area contributed by atoms with Gasteiger partial charge in [0.25, 0.3) is 5.91 Å². The maximum absolute atomic E-state index is 12.1. The minimum absolute atomic E-state index is 0.152. The van der Waals surface area contributed by atoms with Gasteiger partial charge in [0.15, 0.2) is 5.25 Å². The predicted octanol–water partition coefficient (Wildman–Crippen LogP) is 0.779. The molecule has 2 rings (SSSR count). The second-order valence-corrected chi connectivity index (χ2v) is 6.20. The highest BCUT2D eigenvalue weighted by molar-refractivity contribution is 7.94. The van der Waals surface area contributed by atoms with Gasteiger partial charge < -0.3 is 4.74 Å². The van der Waals surface area contributed by atoms with Crippen LogP contribution in [0.1, 0.15) is 0 Å². The molecular formula is C11H10ClN3O5S. The molecule has 8 nitrogen and oxygen atoms in total. The fourth-order valence-corrected chi connectivity index (χ4v) is 2.99. The van der Waals surface area contributed by atoms with Crippen LogP contribution in [0.3, 0.4) is 0 Å². The van der Waals surface area contributed by atoms with Gasteiger partial charge in [-0.3, -0.25) is 14.8 Å². The van der Waals surface area contributed by atoms with Crippen LogP contribution in [0.4, 0.5) is 10.5 Å². The maximum atomic E-state index is 12.1. The Bertz CT molecular complexity index is 731. The van der Waals surface area contributed by atoms with Crippen LogP contribution in [0.5, 0.6) is 5.75 Å². The summed E-state index contributed by atoms with van der Waals surface area (Å²) in [7, 11) is -2.69. The van der Waals surface area contributed by atoms with Crippen molar-refractivity contribution in [3.8, 4) is 5.75 Å². The maximum Gasteiger partial charge on any atom is 0.347 e. The molecule has 0 aromatic heterocycles. The summed E-state index contributed by atoms with van der Waals surface area (Å²) in [4.78, 5) is 25.6. The molecular weight excluding hydrogens is 322 g/mol. The first kappa shape index (κ1) is 15.3. The quantitative estimate of drug-likeness (QED) is 0.846. The summed E-state index contributed by atoms with van der Waals surface area (Å²) in [6, 6.07) is 3.32. The van der Waals surface area contributed by atoms with E-state index in [1.165, 1.54) is 25.3 Å². The summed E-state index contributed by atoms with van der Waals surface area (Å²) in [6.45, 7) is 0. The number of rotatable bonds is 4. The van der Waals surface area contributed by atoms with E-state index in [0.717, 1.165) is 6.21 Å². The lowest BCUT2D eigenvalue weighted by Gasteiger charge is -2.17. The summed E-state index contributed by atoms with van der Waals surface area (Å²) in [5.74, 6) is -0.593. The molecule has 1 heterocycles. The Balaban J connectivity index is 2.25. The molecule has 1 unspecified atom stereocenters. The van der Waals surface area contributed by atoms with Gasteiger partial charge in [0.05, 0.1) is 17.8 Å². The Kier molecular flexibility index (Phi) is 4.14. The Morgan fingerprint density at radius 3 is 2.67 bits per heavy atom. The van der Waals surface area contributed by atoms with Crippen LogP contribution >= 0.6 is 11.6 Å². The average Bonchev–Trinajstić information content (AvgIpc) is 2.37. The summed E-state index contributed by atoms with van der Waals surface area (Å²) in [5.41, 5.74) is 0.152. The lowest BCUT2D eigenvalue weighted by Crippen LogP contribution is -2.48. The Labute approximate surface area is 125 Å². The fraction of sp³-hybridized carbons (Fsp3) is 0.182. The van der Waals surface area contributed by atoms with E-state index in [9.17, 15) is 18.0 Å². The van der Waals surface area contributed by atoms with E-state index in [2.05, 4.69) is 9.71 Å². The molecule has 0 fully saturated rings. The third-order valence-electron chi connectivity index (χ3n) is 2.56. The molecule has 21 heavy (non-hydrogen) atoms. The number of benzene rings is 1. The van der Waals surface area contributed by atoms with Crippen molar-refractivity contribution in [1.29, 1.82) is 0 Å². The highest BCUT2D eigenvalue weighted by Crippen LogP contribution is 2.28. The van der Waals surface area contributed by atoms with Crippen LogP contribution in [0, 0.1) is 0 Å². The van der Waals surface area contributed by atoms with Gasteiger partial charge in [-0.05, 0) is 18.2 Å². The van der Waals surface area contributed by atoms with E-state index >= 15 is 0 Å². The molecule has 112 valence electrons. The fourth-order valence-electron chi connectivity index (χ4n) is 1.59. The zero-order valence-corrected chi connectivity index (χ0v) is 12.2. The molecule has 0 spiro atoms. The summed E-state index contributed by atoms with van der Waals surface area (Å²) in [5, 5.41) is 0.412. The van der Waals surface area contributed by atoms with E-state index < -0.39 is 27.2 Å². The molecule has 0 radical (unpaired) electrons. The average molecular weight is 332 g/mol. The summed E-state index contributed by atoms with van der Waals surface area (Å²) in [6.07, 6.45) is 0.772. The third kappa shape index (κ3) is 3.31. The standard InChI is InChI=1S/C11H10ClN3O5S/c1-20-8-3-2-6(4-7(8)12)15-21(18,19)9-5-13-11(17)14-10(9)16/h2-5,9,15H,1H3,(H,14,16,17). The molecule has 0 aliphatic carbocycles. The number of halogens is 1. The molecule has 1 aromatic carbocycles. The second kappa shape index (κ2) is 5.70. The molecule has 1 aliphatic rings. The van der Waals surface area contributed by atoms with E-state index in [1.807, 2.05) is 5.32 Å². The SMILES string of the molecule is COc1ccc(NS(=O)(=O)C2C=NC(=O)NC2=O)cc1Cl. The molecule has 2 N–H and O–H groups in total. The third-order valence-corrected chi connectivity index (χ3v) is 4.38. The second-order valence-electron chi connectivity index (χ2n) is 3.99.